The Morgan fingerprint density at radius 3 is 3.05 bits per heavy atom. The fraction of sp³-hybridized carbons (Fsp3) is 0.800. The minimum Gasteiger partial charge on any atom is -0.314 e. The van der Waals surface area contributed by atoms with E-state index in [0.29, 0.717) is 12.1 Å². The average Bonchev–Trinajstić information content (AvgIpc) is 2.98. The normalized spacial score (nSPS) is 32.8. The third-order valence-electron chi connectivity index (χ3n) is 4.70. The van der Waals surface area contributed by atoms with Gasteiger partial charge in [-0.05, 0) is 51.6 Å². The van der Waals surface area contributed by atoms with Gasteiger partial charge in [-0.15, -0.1) is 0 Å². The summed E-state index contributed by atoms with van der Waals surface area (Å²) in [5.74, 6) is 0.869. The van der Waals surface area contributed by atoms with Crippen LogP contribution in [0.5, 0.6) is 0 Å². The predicted octanol–water partition coefficient (Wildman–Crippen LogP) is 1.95. The van der Waals surface area contributed by atoms with E-state index in [0.717, 1.165) is 5.92 Å². The predicted molar refractivity (Wildman–Crippen MR) is 76.9 cm³/mol. The zero-order valence-corrected chi connectivity index (χ0v) is 12.2. The maximum absolute atomic E-state index is 4.33. The Hall–Kier alpha value is -0.870. The van der Waals surface area contributed by atoms with Crippen molar-refractivity contribution in [1.82, 2.24) is 20.0 Å². The summed E-state index contributed by atoms with van der Waals surface area (Å²) in [5.41, 5.74) is 1.40. The third kappa shape index (κ3) is 3.00. The zero-order valence-electron chi connectivity index (χ0n) is 12.2. The van der Waals surface area contributed by atoms with Gasteiger partial charge in [-0.2, -0.15) is 5.10 Å². The molecule has 0 aliphatic carbocycles. The van der Waals surface area contributed by atoms with Gasteiger partial charge in [0.1, 0.15) is 0 Å². The van der Waals surface area contributed by atoms with Crippen LogP contribution >= 0.6 is 0 Å². The lowest BCUT2D eigenvalue weighted by Crippen LogP contribution is -2.40. The fourth-order valence-corrected chi connectivity index (χ4v) is 3.77. The van der Waals surface area contributed by atoms with Crippen molar-refractivity contribution in [3.63, 3.8) is 0 Å². The Balaban J connectivity index is 1.63. The number of likely N-dealkylation sites (tertiary alicyclic amines) is 1. The molecule has 4 nitrogen and oxygen atoms in total. The van der Waals surface area contributed by atoms with Crippen LogP contribution in [0.4, 0.5) is 0 Å². The second kappa shape index (κ2) is 5.63. The molecule has 1 aromatic heterocycles. The van der Waals surface area contributed by atoms with Crippen LogP contribution < -0.4 is 5.32 Å². The van der Waals surface area contributed by atoms with E-state index < -0.39 is 0 Å². The first kappa shape index (κ1) is 13.1. The van der Waals surface area contributed by atoms with Crippen molar-refractivity contribution >= 4 is 0 Å². The second-order valence-corrected chi connectivity index (χ2v) is 6.35. The molecule has 0 amide bonds. The maximum Gasteiger partial charge on any atom is 0.0537 e. The van der Waals surface area contributed by atoms with Crippen LogP contribution in [0.1, 0.15) is 44.2 Å². The van der Waals surface area contributed by atoms with Crippen LogP contribution in [0.25, 0.3) is 0 Å². The van der Waals surface area contributed by atoms with E-state index in [-0.39, 0.29) is 0 Å². The molecular weight excluding hydrogens is 236 g/mol. The van der Waals surface area contributed by atoms with Gasteiger partial charge in [0, 0.05) is 37.4 Å². The minimum atomic E-state index is 0.610. The van der Waals surface area contributed by atoms with Crippen LogP contribution in [0, 0.1) is 5.92 Å². The lowest BCUT2D eigenvalue weighted by Gasteiger charge is -2.33. The molecular formula is C15H26N4. The summed E-state index contributed by atoms with van der Waals surface area (Å²) >= 11 is 0. The topological polar surface area (TPSA) is 33.1 Å². The molecule has 2 fully saturated rings. The van der Waals surface area contributed by atoms with Gasteiger partial charge in [-0.25, -0.2) is 0 Å². The van der Waals surface area contributed by atoms with E-state index in [9.17, 15) is 0 Å². The zero-order chi connectivity index (χ0) is 13.2. The molecule has 1 N–H and O–H groups in total. The van der Waals surface area contributed by atoms with Gasteiger partial charge < -0.3 is 5.32 Å². The molecule has 0 bridgehead atoms. The standard InChI is InChI=1S/C15H26N4/c1-12-8-13(5-6-16-12)10-19-7-3-4-15(19)14-9-17-18(2)11-14/h9,11-13,15-16H,3-8,10H2,1-2H3. The molecule has 0 spiro atoms. The molecule has 19 heavy (non-hydrogen) atoms. The van der Waals surface area contributed by atoms with E-state index in [1.807, 2.05) is 17.9 Å². The fourth-order valence-electron chi connectivity index (χ4n) is 3.77. The SMILES string of the molecule is CC1CC(CN2CCCC2c2cnn(C)c2)CCN1. The lowest BCUT2D eigenvalue weighted by molar-refractivity contribution is 0.180. The van der Waals surface area contributed by atoms with Gasteiger partial charge in [0.25, 0.3) is 0 Å². The summed E-state index contributed by atoms with van der Waals surface area (Å²) in [5, 5.41) is 7.89. The van der Waals surface area contributed by atoms with Crippen LogP contribution in [-0.2, 0) is 7.05 Å². The smallest absolute Gasteiger partial charge is 0.0537 e. The molecule has 3 atom stereocenters. The van der Waals surface area contributed by atoms with Gasteiger partial charge in [-0.1, -0.05) is 0 Å². The molecule has 3 rings (SSSR count). The summed E-state index contributed by atoms with van der Waals surface area (Å²) in [4.78, 5) is 2.69. The first-order valence-corrected chi connectivity index (χ1v) is 7.68. The van der Waals surface area contributed by atoms with Gasteiger partial charge in [0.05, 0.1) is 6.20 Å². The molecule has 106 valence electrons. The quantitative estimate of drug-likeness (QED) is 0.904. The molecule has 3 heterocycles. The average molecular weight is 262 g/mol. The van der Waals surface area contributed by atoms with Crippen molar-refractivity contribution < 1.29 is 0 Å². The highest BCUT2D eigenvalue weighted by Gasteiger charge is 2.30. The van der Waals surface area contributed by atoms with Gasteiger partial charge in [-0.3, -0.25) is 9.58 Å². The number of hydrogen-bond donors (Lipinski definition) is 1. The van der Waals surface area contributed by atoms with E-state index >= 15 is 0 Å². The Morgan fingerprint density at radius 1 is 1.42 bits per heavy atom. The van der Waals surface area contributed by atoms with Gasteiger partial charge >= 0.3 is 0 Å². The molecule has 0 radical (unpaired) electrons. The monoisotopic (exact) mass is 262 g/mol. The summed E-state index contributed by atoms with van der Waals surface area (Å²) in [7, 11) is 2.01. The van der Waals surface area contributed by atoms with E-state index in [4.69, 9.17) is 0 Å². The lowest BCUT2D eigenvalue weighted by atomic mass is 9.92. The number of nitrogens with zero attached hydrogens (tertiary/aromatic N) is 3. The van der Waals surface area contributed by atoms with Crippen LogP contribution in [0.3, 0.4) is 0 Å². The number of hydrogen-bond acceptors (Lipinski definition) is 3. The van der Waals surface area contributed by atoms with E-state index in [1.54, 1.807) is 0 Å². The first-order chi connectivity index (χ1) is 9.22. The first-order valence-electron chi connectivity index (χ1n) is 7.68. The summed E-state index contributed by atoms with van der Waals surface area (Å²) < 4.78 is 1.93. The minimum absolute atomic E-state index is 0.610. The van der Waals surface area contributed by atoms with Crippen molar-refractivity contribution in [2.24, 2.45) is 13.0 Å². The second-order valence-electron chi connectivity index (χ2n) is 6.35. The molecule has 1 aromatic rings. The largest absolute Gasteiger partial charge is 0.314 e. The number of nitrogens with one attached hydrogen (secondary N) is 1. The highest BCUT2D eigenvalue weighted by atomic mass is 15.3. The molecule has 3 unspecified atom stereocenters. The molecule has 0 saturated carbocycles. The van der Waals surface area contributed by atoms with Crippen LogP contribution in [0.2, 0.25) is 0 Å². The molecule has 0 aromatic carbocycles. The van der Waals surface area contributed by atoms with Crippen molar-refractivity contribution in [2.75, 3.05) is 19.6 Å². The number of aryl methyl sites for hydroxylation is 1. The number of piperidine rings is 1. The summed E-state index contributed by atoms with van der Waals surface area (Å²) in [6.07, 6.45) is 9.53. The molecule has 4 heteroatoms. The summed E-state index contributed by atoms with van der Waals surface area (Å²) in [6.45, 7) is 6.04. The highest BCUT2D eigenvalue weighted by Crippen LogP contribution is 2.33. The molecule has 2 aliphatic heterocycles. The molecule has 2 aliphatic rings. The van der Waals surface area contributed by atoms with Gasteiger partial charge in [0.2, 0.25) is 0 Å². The van der Waals surface area contributed by atoms with E-state index in [1.165, 1.54) is 50.9 Å². The third-order valence-corrected chi connectivity index (χ3v) is 4.70. The number of rotatable bonds is 3. The highest BCUT2D eigenvalue weighted by molar-refractivity contribution is 5.12. The van der Waals surface area contributed by atoms with Crippen LogP contribution in [0.15, 0.2) is 12.4 Å². The Kier molecular flexibility index (Phi) is 3.89. The maximum atomic E-state index is 4.33. The Morgan fingerprint density at radius 2 is 2.32 bits per heavy atom. The van der Waals surface area contributed by atoms with E-state index in [2.05, 4.69) is 28.4 Å². The van der Waals surface area contributed by atoms with Crippen molar-refractivity contribution in [1.29, 1.82) is 0 Å². The molecule has 2 saturated heterocycles. The van der Waals surface area contributed by atoms with Crippen molar-refractivity contribution in [2.45, 2.75) is 44.7 Å². The Bertz CT molecular complexity index is 414. The number of aromatic nitrogens is 2. The van der Waals surface area contributed by atoms with Crippen LogP contribution in [-0.4, -0.2) is 40.4 Å². The Labute approximate surface area is 116 Å². The van der Waals surface area contributed by atoms with Crippen molar-refractivity contribution in [3.05, 3.63) is 18.0 Å². The van der Waals surface area contributed by atoms with Gasteiger partial charge in [0.15, 0.2) is 0 Å². The summed E-state index contributed by atoms with van der Waals surface area (Å²) in [6, 6.07) is 1.30. The van der Waals surface area contributed by atoms with Crippen molar-refractivity contribution in [3.8, 4) is 0 Å².